The molecule has 1 amide bonds. The SMILES string of the molecule is COc1ccc(C2=NN(C(C)=O)[C@@H](c3cn(-c4ccccc4)nc3-c3ccccc3)C2)cc1OC. The van der Waals surface area contributed by atoms with E-state index in [1.807, 2.05) is 89.7 Å². The Labute approximate surface area is 204 Å². The van der Waals surface area contributed by atoms with Crippen molar-refractivity contribution in [2.75, 3.05) is 14.2 Å². The molecule has 35 heavy (non-hydrogen) atoms. The third-order valence-electron chi connectivity index (χ3n) is 6.12. The number of para-hydroxylation sites is 1. The van der Waals surface area contributed by atoms with E-state index < -0.39 is 0 Å². The van der Waals surface area contributed by atoms with Crippen LogP contribution in [-0.4, -0.2) is 40.6 Å². The van der Waals surface area contributed by atoms with Crippen LogP contribution in [0.3, 0.4) is 0 Å². The van der Waals surface area contributed by atoms with E-state index in [1.165, 1.54) is 6.92 Å². The van der Waals surface area contributed by atoms with Gasteiger partial charge in [-0.2, -0.15) is 10.2 Å². The van der Waals surface area contributed by atoms with Crippen molar-refractivity contribution in [1.82, 2.24) is 14.8 Å². The van der Waals surface area contributed by atoms with Gasteiger partial charge >= 0.3 is 0 Å². The molecule has 0 saturated heterocycles. The Balaban J connectivity index is 1.59. The zero-order valence-corrected chi connectivity index (χ0v) is 19.9. The number of aromatic nitrogens is 2. The van der Waals surface area contributed by atoms with E-state index >= 15 is 0 Å². The van der Waals surface area contributed by atoms with Crippen LogP contribution in [0.1, 0.15) is 30.5 Å². The van der Waals surface area contributed by atoms with E-state index in [2.05, 4.69) is 0 Å². The molecule has 2 heterocycles. The maximum absolute atomic E-state index is 12.7. The van der Waals surface area contributed by atoms with Crippen LogP contribution in [0.5, 0.6) is 11.5 Å². The van der Waals surface area contributed by atoms with Crippen molar-refractivity contribution >= 4 is 11.6 Å². The van der Waals surface area contributed by atoms with Crippen molar-refractivity contribution < 1.29 is 14.3 Å². The molecule has 0 N–H and O–H groups in total. The van der Waals surface area contributed by atoms with Crippen molar-refractivity contribution in [2.24, 2.45) is 5.10 Å². The van der Waals surface area contributed by atoms with Gasteiger partial charge in [0.05, 0.1) is 37.4 Å². The van der Waals surface area contributed by atoms with Crippen LogP contribution in [0, 0.1) is 0 Å². The molecule has 1 aliphatic rings. The third kappa shape index (κ3) is 4.28. The minimum atomic E-state index is -0.289. The summed E-state index contributed by atoms with van der Waals surface area (Å²) in [5, 5.41) is 11.2. The van der Waals surface area contributed by atoms with E-state index in [-0.39, 0.29) is 11.9 Å². The van der Waals surface area contributed by atoms with E-state index in [1.54, 1.807) is 19.2 Å². The minimum Gasteiger partial charge on any atom is -0.493 e. The molecule has 1 aliphatic heterocycles. The highest BCUT2D eigenvalue weighted by Gasteiger charge is 2.35. The van der Waals surface area contributed by atoms with Crippen molar-refractivity contribution in [1.29, 1.82) is 0 Å². The summed E-state index contributed by atoms with van der Waals surface area (Å²) in [6, 6.07) is 25.4. The zero-order valence-electron chi connectivity index (χ0n) is 19.9. The molecular weight excluding hydrogens is 440 g/mol. The van der Waals surface area contributed by atoms with Crippen molar-refractivity contribution in [3.8, 4) is 28.4 Å². The lowest BCUT2D eigenvalue weighted by atomic mass is 9.96. The van der Waals surface area contributed by atoms with Crippen LogP contribution in [-0.2, 0) is 4.79 Å². The predicted octanol–water partition coefficient (Wildman–Crippen LogP) is 5.25. The molecule has 7 nitrogen and oxygen atoms in total. The molecule has 176 valence electrons. The van der Waals surface area contributed by atoms with Gasteiger partial charge in [0.15, 0.2) is 11.5 Å². The maximum Gasteiger partial charge on any atom is 0.240 e. The highest BCUT2D eigenvalue weighted by atomic mass is 16.5. The molecule has 5 rings (SSSR count). The first kappa shape index (κ1) is 22.4. The molecule has 0 bridgehead atoms. The summed E-state index contributed by atoms with van der Waals surface area (Å²) in [5.74, 6) is 1.13. The second-order valence-corrected chi connectivity index (χ2v) is 8.28. The van der Waals surface area contributed by atoms with Gasteiger partial charge in [-0.1, -0.05) is 48.5 Å². The molecule has 0 radical (unpaired) electrons. The van der Waals surface area contributed by atoms with E-state index in [0.29, 0.717) is 17.9 Å². The molecule has 0 unspecified atom stereocenters. The monoisotopic (exact) mass is 466 g/mol. The van der Waals surface area contributed by atoms with Gasteiger partial charge in [0.1, 0.15) is 0 Å². The van der Waals surface area contributed by atoms with Gasteiger partial charge in [0, 0.05) is 36.2 Å². The normalized spacial score (nSPS) is 15.1. The number of hydrogen-bond acceptors (Lipinski definition) is 5. The molecule has 0 aliphatic carbocycles. The Bertz CT molecular complexity index is 1380. The fourth-order valence-corrected chi connectivity index (χ4v) is 4.40. The number of hydrogen-bond donors (Lipinski definition) is 0. The van der Waals surface area contributed by atoms with Crippen LogP contribution in [0.4, 0.5) is 0 Å². The van der Waals surface area contributed by atoms with Crippen molar-refractivity contribution in [3.63, 3.8) is 0 Å². The fraction of sp³-hybridized carbons (Fsp3) is 0.179. The quantitative estimate of drug-likeness (QED) is 0.389. The summed E-state index contributed by atoms with van der Waals surface area (Å²) in [6.07, 6.45) is 2.56. The van der Waals surface area contributed by atoms with Crippen LogP contribution in [0.15, 0.2) is 90.2 Å². The number of ether oxygens (including phenoxy) is 2. The summed E-state index contributed by atoms with van der Waals surface area (Å²) in [4.78, 5) is 12.7. The standard InChI is InChI=1S/C28H26N4O3/c1-19(33)32-25(17-24(29-32)21-14-15-26(34-2)27(16-21)35-3)23-18-31(22-12-8-5-9-13-22)30-28(23)20-10-6-4-7-11-20/h4-16,18,25H,17H2,1-3H3/t25-/m1/s1. The van der Waals surface area contributed by atoms with Gasteiger partial charge in [-0.15, -0.1) is 0 Å². The summed E-state index contributed by atoms with van der Waals surface area (Å²) in [7, 11) is 3.21. The molecule has 1 aromatic heterocycles. The van der Waals surface area contributed by atoms with Crippen LogP contribution < -0.4 is 9.47 Å². The van der Waals surface area contributed by atoms with Gasteiger partial charge < -0.3 is 9.47 Å². The number of benzene rings is 3. The molecular formula is C28H26N4O3. The first-order valence-electron chi connectivity index (χ1n) is 11.4. The average Bonchev–Trinajstić information content (AvgIpc) is 3.54. The van der Waals surface area contributed by atoms with E-state index in [9.17, 15) is 4.79 Å². The lowest BCUT2D eigenvalue weighted by Crippen LogP contribution is -2.24. The topological polar surface area (TPSA) is 69.0 Å². The summed E-state index contributed by atoms with van der Waals surface area (Å²) >= 11 is 0. The highest BCUT2D eigenvalue weighted by Crippen LogP contribution is 2.39. The number of hydrazone groups is 1. The smallest absolute Gasteiger partial charge is 0.240 e. The first-order valence-corrected chi connectivity index (χ1v) is 11.4. The zero-order chi connectivity index (χ0) is 24.4. The molecule has 0 saturated carbocycles. The average molecular weight is 467 g/mol. The molecule has 0 fully saturated rings. The molecule has 0 spiro atoms. The predicted molar refractivity (Wildman–Crippen MR) is 135 cm³/mol. The Kier molecular flexibility index (Phi) is 6.06. The summed E-state index contributed by atoms with van der Waals surface area (Å²) in [5.41, 5.74) is 5.39. The van der Waals surface area contributed by atoms with Crippen molar-refractivity contribution in [2.45, 2.75) is 19.4 Å². The third-order valence-corrected chi connectivity index (χ3v) is 6.12. The summed E-state index contributed by atoms with van der Waals surface area (Å²) in [6.45, 7) is 1.54. The van der Waals surface area contributed by atoms with Gasteiger partial charge in [0.25, 0.3) is 0 Å². The Morgan fingerprint density at radius 1 is 0.886 bits per heavy atom. The number of amides is 1. The van der Waals surface area contributed by atoms with Crippen LogP contribution in [0.2, 0.25) is 0 Å². The number of methoxy groups -OCH3 is 2. The molecule has 1 atom stereocenters. The van der Waals surface area contributed by atoms with Gasteiger partial charge in [-0.3, -0.25) is 4.79 Å². The first-order chi connectivity index (χ1) is 17.1. The number of rotatable bonds is 6. The minimum absolute atomic E-state index is 0.128. The maximum atomic E-state index is 12.7. The Morgan fingerprint density at radius 2 is 1.57 bits per heavy atom. The lowest BCUT2D eigenvalue weighted by molar-refractivity contribution is -0.130. The van der Waals surface area contributed by atoms with E-state index in [4.69, 9.17) is 19.7 Å². The second kappa shape index (κ2) is 9.46. The van der Waals surface area contributed by atoms with Crippen molar-refractivity contribution in [3.05, 3.63) is 96.2 Å². The van der Waals surface area contributed by atoms with E-state index in [0.717, 1.165) is 33.8 Å². The fourth-order valence-electron chi connectivity index (χ4n) is 4.40. The number of nitrogens with zero attached hydrogens (tertiary/aromatic N) is 4. The van der Waals surface area contributed by atoms with Gasteiger partial charge in [-0.05, 0) is 30.3 Å². The molecule has 3 aromatic carbocycles. The molecule has 7 heteroatoms. The highest BCUT2D eigenvalue weighted by molar-refractivity contribution is 6.03. The van der Waals surface area contributed by atoms with Gasteiger partial charge in [-0.25, -0.2) is 9.69 Å². The second-order valence-electron chi connectivity index (χ2n) is 8.28. The lowest BCUT2D eigenvalue weighted by Gasteiger charge is -2.20. The molecule has 4 aromatic rings. The van der Waals surface area contributed by atoms with Gasteiger partial charge in [0.2, 0.25) is 5.91 Å². The number of carbonyl (C=O) groups excluding carboxylic acids is 1. The number of carbonyl (C=O) groups is 1. The van der Waals surface area contributed by atoms with Crippen LogP contribution >= 0.6 is 0 Å². The Hall–Kier alpha value is -4.39. The van der Waals surface area contributed by atoms with Crippen LogP contribution in [0.25, 0.3) is 16.9 Å². The summed E-state index contributed by atoms with van der Waals surface area (Å²) < 4.78 is 12.7. The largest absolute Gasteiger partial charge is 0.493 e. The Morgan fingerprint density at radius 3 is 2.23 bits per heavy atom.